The van der Waals surface area contributed by atoms with E-state index in [2.05, 4.69) is 5.32 Å². The van der Waals surface area contributed by atoms with Crippen LogP contribution in [0.15, 0.2) is 18.2 Å². The Morgan fingerprint density at radius 1 is 1.41 bits per heavy atom. The maximum Gasteiger partial charge on any atom is 0.311 e. The van der Waals surface area contributed by atoms with Crippen molar-refractivity contribution in [2.75, 3.05) is 20.2 Å². The lowest BCUT2D eigenvalue weighted by atomic mass is 9.90. The summed E-state index contributed by atoms with van der Waals surface area (Å²) in [5, 5.41) is 14.2. The molecule has 0 radical (unpaired) electrons. The second-order valence-corrected chi connectivity index (χ2v) is 4.21. The van der Waals surface area contributed by atoms with Gasteiger partial charge in [0, 0.05) is 6.07 Å². The summed E-state index contributed by atoms with van der Waals surface area (Å²) in [5.74, 6) is 0.744. The van der Waals surface area contributed by atoms with Crippen LogP contribution in [0.4, 0.5) is 5.69 Å². The van der Waals surface area contributed by atoms with Crippen LogP contribution in [0.3, 0.4) is 0 Å². The molecule has 1 N–H and O–H groups in total. The summed E-state index contributed by atoms with van der Waals surface area (Å²) in [6.45, 7) is 1.95. The monoisotopic (exact) mass is 236 g/mol. The van der Waals surface area contributed by atoms with Gasteiger partial charge in [0.15, 0.2) is 5.75 Å². The first-order valence-electron chi connectivity index (χ1n) is 5.75. The lowest BCUT2D eigenvalue weighted by molar-refractivity contribution is -0.385. The average Bonchev–Trinajstić information content (AvgIpc) is 2.39. The summed E-state index contributed by atoms with van der Waals surface area (Å²) in [6, 6.07) is 5.27. The SMILES string of the molecule is COc1ccc(C2CCNCC2)cc1[N+](=O)[O-]. The number of hydrogen-bond acceptors (Lipinski definition) is 4. The van der Waals surface area contributed by atoms with E-state index < -0.39 is 0 Å². The second kappa shape index (κ2) is 5.14. The third-order valence-corrected chi connectivity index (χ3v) is 3.21. The Balaban J connectivity index is 2.29. The fourth-order valence-electron chi connectivity index (χ4n) is 2.26. The number of nitrogens with one attached hydrogen (secondary N) is 1. The van der Waals surface area contributed by atoms with Gasteiger partial charge in [-0.25, -0.2) is 0 Å². The minimum absolute atomic E-state index is 0.0588. The molecule has 0 spiro atoms. The van der Waals surface area contributed by atoms with Crippen LogP contribution in [-0.4, -0.2) is 25.1 Å². The number of nitrogens with zero attached hydrogens (tertiary/aromatic N) is 1. The summed E-state index contributed by atoms with van der Waals surface area (Å²) >= 11 is 0. The zero-order valence-electron chi connectivity index (χ0n) is 9.81. The first-order valence-corrected chi connectivity index (χ1v) is 5.75. The first kappa shape index (κ1) is 11.9. The highest BCUT2D eigenvalue weighted by Gasteiger charge is 2.20. The fraction of sp³-hybridized carbons (Fsp3) is 0.500. The van der Waals surface area contributed by atoms with Gasteiger partial charge in [-0.1, -0.05) is 6.07 Å². The highest BCUT2D eigenvalue weighted by atomic mass is 16.6. The van der Waals surface area contributed by atoms with Crippen molar-refractivity contribution in [1.29, 1.82) is 0 Å². The molecule has 0 aliphatic carbocycles. The Morgan fingerprint density at radius 3 is 2.71 bits per heavy atom. The van der Waals surface area contributed by atoms with E-state index in [9.17, 15) is 10.1 Å². The molecule has 1 aromatic carbocycles. The van der Waals surface area contributed by atoms with E-state index in [1.165, 1.54) is 7.11 Å². The van der Waals surface area contributed by atoms with Gasteiger partial charge in [-0.3, -0.25) is 10.1 Å². The first-order chi connectivity index (χ1) is 8.22. The molecule has 5 nitrogen and oxygen atoms in total. The van der Waals surface area contributed by atoms with Crippen molar-refractivity contribution >= 4 is 5.69 Å². The topological polar surface area (TPSA) is 64.4 Å². The van der Waals surface area contributed by atoms with Crippen LogP contribution in [0.2, 0.25) is 0 Å². The van der Waals surface area contributed by atoms with E-state index in [1.54, 1.807) is 12.1 Å². The molecule has 0 atom stereocenters. The number of nitro benzene ring substituents is 1. The minimum atomic E-state index is -0.386. The number of rotatable bonds is 3. The maximum absolute atomic E-state index is 10.9. The van der Waals surface area contributed by atoms with E-state index >= 15 is 0 Å². The molecular formula is C12H16N2O3. The fourth-order valence-corrected chi connectivity index (χ4v) is 2.26. The number of hydrogen-bond donors (Lipinski definition) is 1. The quantitative estimate of drug-likeness (QED) is 0.644. The van der Waals surface area contributed by atoms with Crippen LogP contribution in [0.1, 0.15) is 24.3 Å². The van der Waals surface area contributed by atoms with Crippen molar-refractivity contribution in [3.05, 3.63) is 33.9 Å². The van der Waals surface area contributed by atoms with Gasteiger partial charge >= 0.3 is 5.69 Å². The van der Waals surface area contributed by atoms with Crippen molar-refractivity contribution in [3.63, 3.8) is 0 Å². The lowest BCUT2D eigenvalue weighted by Gasteiger charge is -2.22. The molecule has 0 aromatic heterocycles. The molecule has 0 amide bonds. The van der Waals surface area contributed by atoms with Crippen molar-refractivity contribution in [2.45, 2.75) is 18.8 Å². The van der Waals surface area contributed by atoms with E-state index in [0.717, 1.165) is 31.5 Å². The highest BCUT2D eigenvalue weighted by Crippen LogP contribution is 2.33. The van der Waals surface area contributed by atoms with Crippen molar-refractivity contribution in [1.82, 2.24) is 5.32 Å². The molecule has 2 rings (SSSR count). The number of benzene rings is 1. The number of nitro groups is 1. The summed E-state index contributed by atoms with van der Waals surface area (Å²) in [4.78, 5) is 10.5. The van der Waals surface area contributed by atoms with Crippen LogP contribution in [0.25, 0.3) is 0 Å². The van der Waals surface area contributed by atoms with Crippen LogP contribution in [0.5, 0.6) is 5.75 Å². The third kappa shape index (κ3) is 2.55. The maximum atomic E-state index is 10.9. The molecule has 5 heteroatoms. The molecule has 1 aliphatic rings. The predicted molar refractivity (Wildman–Crippen MR) is 64.5 cm³/mol. The molecule has 0 saturated carbocycles. The third-order valence-electron chi connectivity index (χ3n) is 3.21. The van der Waals surface area contributed by atoms with Crippen LogP contribution in [-0.2, 0) is 0 Å². The van der Waals surface area contributed by atoms with Crippen LogP contribution in [0, 0.1) is 10.1 Å². The summed E-state index contributed by atoms with van der Waals surface area (Å²) < 4.78 is 4.99. The van der Waals surface area contributed by atoms with Gasteiger partial charge in [0.2, 0.25) is 0 Å². The van der Waals surface area contributed by atoms with Crippen molar-refractivity contribution in [3.8, 4) is 5.75 Å². The average molecular weight is 236 g/mol. The van der Waals surface area contributed by atoms with E-state index in [0.29, 0.717) is 11.7 Å². The Kier molecular flexibility index (Phi) is 3.58. The van der Waals surface area contributed by atoms with Crippen molar-refractivity contribution in [2.24, 2.45) is 0 Å². The lowest BCUT2D eigenvalue weighted by Crippen LogP contribution is -2.26. The molecule has 92 valence electrons. The van der Waals surface area contributed by atoms with Gasteiger partial charge in [-0.15, -0.1) is 0 Å². The predicted octanol–water partition coefficient (Wildman–Crippen LogP) is 2.07. The summed E-state index contributed by atoms with van der Waals surface area (Å²) in [5.41, 5.74) is 1.10. The van der Waals surface area contributed by atoms with E-state index in [1.807, 2.05) is 6.07 Å². The summed E-state index contributed by atoms with van der Waals surface area (Å²) in [6.07, 6.45) is 2.06. The van der Waals surface area contributed by atoms with E-state index in [4.69, 9.17) is 4.74 Å². The second-order valence-electron chi connectivity index (χ2n) is 4.21. The molecule has 1 heterocycles. The Labute approximate surface area is 99.9 Å². The normalized spacial score (nSPS) is 16.8. The zero-order valence-corrected chi connectivity index (χ0v) is 9.81. The Morgan fingerprint density at radius 2 is 2.12 bits per heavy atom. The van der Waals surface area contributed by atoms with Gasteiger partial charge < -0.3 is 10.1 Å². The number of methoxy groups -OCH3 is 1. The zero-order chi connectivity index (χ0) is 12.3. The molecule has 1 aromatic rings. The molecule has 17 heavy (non-hydrogen) atoms. The Bertz CT molecular complexity index is 414. The van der Waals surface area contributed by atoms with Crippen molar-refractivity contribution < 1.29 is 9.66 Å². The minimum Gasteiger partial charge on any atom is -0.490 e. The molecular weight excluding hydrogens is 220 g/mol. The smallest absolute Gasteiger partial charge is 0.311 e. The summed E-state index contributed by atoms with van der Waals surface area (Å²) in [7, 11) is 1.45. The van der Waals surface area contributed by atoms with Crippen LogP contribution < -0.4 is 10.1 Å². The largest absolute Gasteiger partial charge is 0.490 e. The Hall–Kier alpha value is -1.62. The number of piperidine rings is 1. The number of ether oxygens (including phenoxy) is 1. The molecule has 1 aliphatic heterocycles. The highest BCUT2D eigenvalue weighted by molar-refractivity contribution is 5.49. The van der Waals surface area contributed by atoms with Gasteiger partial charge in [0.1, 0.15) is 0 Å². The molecule has 0 bridgehead atoms. The van der Waals surface area contributed by atoms with Gasteiger partial charge in [0.25, 0.3) is 0 Å². The van der Waals surface area contributed by atoms with Gasteiger partial charge in [0.05, 0.1) is 12.0 Å². The van der Waals surface area contributed by atoms with Crippen LogP contribution >= 0.6 is 0 Å². The molecule has 1 saturated heterocycles. The molecule has 0 unspecified atom stereocenters. The standard InChI is InChI=1S/C12H16N2O3/c1-17-12-3-2-10(8-11(12)14(15)16)9-4-6-13-7-5-9/h2-3,8-9,13H,4-7H2,1H3. The molecule has 1 fully saturated rings. The van der Waals surface area contributed by atoms with E-state index in [-0.39, 0.29) is 10.6 Å². The van der Waals surface area contributed by atoms with Gasteiger partial charge in [-0.2, -0.15) is 0 Å². The van der Waals surface area contributed by atoms with Gasteiger partial charge in [-0.05, 0) is 43.5 Å².